The van der Waals surface area contributed by atoms with Crippen LogP contribution < -0.4 is 10.6 Å². The highest BCUT2D eigenvalue weighted by molar-refractivity contribution is 9.10. The minimum atomic E-state index is -0.117. The van der Waals surface area contributed by atoms with Gasteiger partial charge in [-0.25, -0.2) is 9.78 Å². The fourth-order valence-corrected chi connectivity index (χ4v) is 4.14. The van der Waals surface area contributed by atoms with Crippen LogP contribution in [-0.4, -0.2) is 47.0 Å². The van der Waals surface area contributed by atoms with Crippen LogP contribution in [0.4, 0.5) is 4.79 Å². The Hall–Kier alpha value is -1.34. The van der Waals surface area contributed by atoms with Gasteiger partial charge in [0.15, 0.2) is 0 Å². The molecule has 1 aliphatic heterocycles. The van der Waals surface area contributed by atoms with Gasteiger partial charge in [0.25, 0.3) is 5.91 Å². The average molecular weight is 444 g/mol. The SMILES string of the molecule is O=C(NC1CCCCC1)NC1CCN(C(=O)c2cc(Br)cnc2Cl)CC1. The van der Waals surface area contributed by atoms with Gasteiger partial charge in [0, 0.05) is 35.8 Å². The fraction of sp³-hybridized carbons (Fsp3) is 0.611. The molecule has 0 spiro atoms. The van der Waals surface area contributed by atoms with Crippen LogP contribution in [-0.2, 0) is 0 Å². The Kier molecular flexibility index (Phi) is 6.75. The van der Waals surface area contributed by atoms with E-state index in [4.69, 9.17) is 11.6 Å². The van der Waals surface area contributed by atoms with Gasteiger partial charge in [-0.05, 0) is 47.7 Å². The number of amides is 3. The molecule has 1 aliphatic carbocycles. The molecule has 1 saturated carbocycles. The molecule has 0 atom stereocenters. The van der Waals surface area contributed by atoms with Crippen molar-refractivity contribution in [3.63, 3.8) is 0 Å². The number of carbonyl (C=O) groups is 2. The van der Waals surface area contributed by atoms with Gasteiger partial charge in [0.05, 0.1) is 5.56 Å². The second-order valence-corrected chi connectivity index (χ2v) is 8.28. The standard InChI is InChI=1S/C18H24BrClN4O2/c19-12-10-15(16(20)21-11-12)17(25)24-8-6-14(7-9-24)23-18(26)22-13-4-2-1-3-5-13/h10-11,13-14H,1-9H2,(H2,22,23,26). The summed E-state index contributed by atoms with van der Waals surface area (Å²) < 4.78 is 0.723. The number of urea groups is 1. The summed E-state index contributed by atoms with van der Waals surface area (Å²) in [5, 5.41) is 6.34. The van der Waals surface area contributed by atoms with Crippen molar-refractivity contribution < 1.29 is 9.59 Å². The van der Waals surface area contributed by atoms with E-state index in [1.54, 1.807) is 17.2 Å². The van der Waals surface area contributed by atoms with Crippen LogP contribution in [0, 0.1) is 0 Å². The van der Waals surface area contributed by atoms with Crippen LogP contribution in [0.1, 0.15) is 55.3 Å². The molecular weight excluding hydrogens is 420 g/mol. The largest absolute Gasteiger partial charge is 0.338 e. The van der Waals surface area contributed by atoms with E-state index in [-0.39, 0.29) is 23.1 Å². The molecule has 26 heavy (non-hydrogen) atoms. The molecule has 6 nitrogen and oxygen atoms in total. The normalized spacial score (nSPS) is 19.2. The molecule has 1 aromatic rings. The third kappa shape index (κ3) is 5.10. The lowest BCUT2D eigenvalue weighted by molar-refractivity contribution is 0.0708. The molecule has 2 heterocycles. The van der Waals surface area contributed by atoms with Gasteiger partial charge in [-0.2, -0.15) is 0 Å². The number of aromatic nitrogens is 1. The maximum absolute atomic E-state index is 12.6. The van der Waals surface area contributed by atoms with Gasteiger partial charge in [-0.1, -0.05) is 30.9 Å². The molecule has 1 saturated heterocycles. The maximum Gasteiger partial charge on any atom is 0.315 e. The predicted molar refractivity (Wildman–Crippen MR) is 104 cm³/mol. The van der Waals surface area contributed by atoms with Crippen LogP contribution >= 0.6 is 27.5 Å². The Labute approximate surface area is 167 Å². The number of hydrogen-bond donors (Lipinski definition) is 2. The van der Waals surface area contributed by atoms with Crippen molar-refractivity contribution in [1.29, 1.82) is 0 Å². The summed E-state index contributed by atoms with van der Waals surface area (Å²) in [5.41, 5.74) is 0.405. The average Bonchev–Trinajstić information content (AvgIpc) is 2.64. The van der Waals surface area contributed by atoms with E-state index in [9.17, 15) is 9.59 Å². The topological polar surface area (TPSA) is 74.3 Å². The molecule has 0 bridgehead atoms. The van der Waals surface area contributed by atoms with Crippen molar-refractivity contribution in [2.75, 3.05) is 13.1 Å². The number of likely N-dealkylation sites (tertiary alicyclic amines) is 1. The third-order valence-electron chi connectivity index (χ3n) is 5.09. The zero-order valence-electron chi connectivity index (χ0n) is 14.6. The molecule has 3 rings (SSSR count). The Morgan fingerprint density at radius 2 is 1.69 bits per heavy atom. The molecule has 142 valence electrons. The first-order chi connectivity index (χ1) is 12.5. The van der Waals surface area contributed by atoms with Crippen molar-refractivity contribution >= 4 is 39.5 Å². The Balaban J connectivity index is 1.47. The molecule has 2 N–H and O–H groups in total. The third-order valence-corrected chi connectivity index (χ3v) is 5.83. The second-order valence-electron chi connectivity index (χ2n) is 7.01. The van der Waals surface area contributed by atoms with Crippen LogP contribution in [0.5, 0.6) is 0 Å². The minimum absolute atomic E-state index is 0.0825. The number of carbonyl (C=O) groups excluding carboxylic acids is 2. The molecule has 2 aliphatic rings. The summed E-state index contributed by atoms with van der Waals surface area (Å²) in [7, 11) is 0. The Morgan fingerprint density at radius 1 is 1.08 bits per heavy atom. The lowest BCUT2D eigenvalue weighted by Crippen LogP contribution is -2.51. The van der Waals surface area contributed by atoms with Gasteiger partial charge >= 0.3 is 6.03 Å². The predicted octanol–water partition coefficient (Wildman–Crippen LogP) is 3.73. The van der Waals surface area contributed by atoms with E-state index in [0.717, 1.165) is 30.2 Å². The van der Waals surface area contributed by atoms with E-state index in [0.29, 0.717) is 24.7 Å². The van der Waals surface area contributed by atoms with Gasteiger partial charge in [0.2, 0.25) is 0 Å². The van der Waals surface area contributed by atoms with Crippen molar-refractivity contribution in [3.8, 4) is 0 Å². The van der Waals surface area contributed by atoms with Crippen molar-refractivity contribution in [2.45, 2.75) is 57.0 Å². The number of pyridine rings is 1. The fourth-order valence-electron chi connectivity index (χ4n) is 3.63. The minimum Gasteiger partial charge on any atom is -0.338 e. The first-order valence-corrected chi connectivity index (χ1v) is 10.4. The number of hydrogen-bond acceptors (Lipinski definition) is 3. The second kappa shape index (κ2) is 9.04. The highest BCUT2D eigenvalue weighted by atomic mass is 79.9. The lowest BCUT2D eigenvalue weighted by atomic mass is 9.96. The molecule has 0 radical (unpaired) electrons. The maximum atomic E-state index is 12.6. The van der Waals surface area contributed by atoms with Crippen LogP contribution in [0.3, 0.4) is 0 Å². The first-order valence-electron chi connectivity index (χ1n) is 9.20. The van der Waals surface area contributed by atoms with E-state index >= 15 is 0 Å². The van der Waals surface area contributed by atoms with Crippen molar-refractivity contribution in [3.05, 3.63) is 27.5 Å². The van der Waals surface area contributed by atoms with Gasteiger partial charge in [-0.15, -0.1) is 0 Å². The molecular formula is C18H24BrClN4O2. The highest BCUT2D eigenvalue weighted by Gasteiger charge is 2.26. The highest BCUT2D eigenvalue weighted by Crippen LogP contribution is 2.22. The molecule has 1 aromatic heterocycles. The smallest absolute Gasteiger partial charge is 0.315 e. The quantitative estimate of drug-likeness (QED) is 0.699. The summed E-state index contributed by atoms with van der Waals surface area (Å²) in [4.78, 5) is 30.6. The molecule has 0 unspecified atom stereocenters. The Morgan fingerprint density at radius 3 is 2.35 bits per heavy atom. The summed E-state index contributed by atoms with van der Waals surface area (Å²) in [6.07, 6.45) is 8.84. The van der Waals surface area contributed by atoms with Crippen LogP contribution in [0.2, 0.25) is 5.15 Å². The van der Waals surface area contributed by atoms with Gasteiger partial charge in [-0.3, -0.25) is 4.79 Å². The number of rotatable bonds is 3. The zero-order chi connectivity index (χ0) is 18.5. The summed E-state index contributed by atoms with van der Waals surface area (Å²) in [5.74, 6) is -0.117. The van der Waals surface area contributed by atoms with Crippen molar-refractivity contribution in [1.82, 2.24) is 20.5 Å². The number of piperidine rings is 1. The van der Waals surface area contributed by atoms with E-state index < -0.39 is 0 Å². The summed E-state index contributed by atoms with van der Waals surface area (Å²) in [6.45, 7) is 1.19. The first kappa shape index (κ1) is 19.4. The molecule has 8 heteroatoms. The van der Waals surface area contributed by atoms with E-state index in [1.807, 2.05) is 0 Å². The van der Waals surface area contributed by atoms with Gasteiger partial charge < -0.3 is 15.5 Å². The zero-order valence-corrected chi connectivity index (χ0v) is 17.0. The van der Waals surface area contributed by atoms with Gasteiger partial charge in [0.1, 0.15) is 5.15 Å². The molecule has 2 fully saturated rings. The van der Waals surface area contributed by atoms with Crippen LogP contribution in [0.15, 0.2) is 16.7 Å². The lowest BCUT2D eigenvalue weighted by Gasteiger charge is -2.33. The number of halogens is 2. The van der Waals surface area contributed by atoms with Crippen LogP contribution in [0.25, 0.3) is 0 Å². The molecule has 3 amide bonds. The van der Waals surface area contributed by atoms with Crippen molar-refractivity contribution in [2.24, 2.45) is 0 Å². The van der Waals surface area contributed by atoms with E-state index in [2.05, 4.69) is 31.5 Å². The molecule has 0 aromatic carbocycles. The number of nitrogens with one attached hydrogen (secondary N) is 2. The monoisotopic (exact) mass is 442 g/mol. The number of nitrogens with zero attached hydrogens (tertiary/aromatic N) is 2. The summed E-state index contributed by atoms with van der Waals surface area (Å²) >= 11 is 9.38. The summed E-state index contributed by atoms with van der Waals surface area (Å²) in [6, 6.07) is 2.01. The van der Waals surface area contributed by atoms with E-state index in [1.165, 1.54) is 19.3 Å². The Bertz CT molecular complexity index is 659.